The predicted octanol–water partition coefficient (Wildman–Crippen LogP) is 3.00. The first kappa shape index (κ1) is 15.8. The van der Waals surface area contributed by atoms with Crippen molar-refractivity contribution < 1.29 is 14.0 Å². The Morgan fingerprint density at radius 2 is 1.91 bits per heavy atom. The number of nitrogens with one attached hydrogen (secondary N) is 1. The molecule has 2 amide bonds. The normalized spacial score (nSPS) is 11.8. The fourth-order valence-electron chi connectivity index (χ4n) is 2.14. The highest BCUT2D eigenvalue weighted by Crippen LogP contribution is 2.20. The lowest BCUT2D eigenvalue weighted by Gasteiger charge is -2.23. The summed E-state index contributed by atoms with van der Waals surface area (Å²) in [6.07, 6.45) is 1.91. The van der Waals surface area contributed by atoms with E-state index in [4.69, 9.17) is 4.42 Å². The number of rotatable bonds is 5. The van der Waals surface area contributed by atoms with Crippen LogP contribution in [0.5, 0.6) is 0 Å². The molecule has 0 saturated heterocycles. The van der Waals surface area contributed by atoms with E-state index in [1.807, 2.05) is 31.2 Å². The highest BCUT2D eigenvalue weighted by Gasteiger charge is 2.19. The van der Waals surface area contributed by atoms with Crippen molar-refractivity contribution in [3.8, 4) is 0 Å². The third-order valence-electron chi connectivity index (χ3n) is 3.56. The summed E-state index contributed by atoms with van der Waals surface area (Å²) in [6.45, 7) is 3.39. The number of anilines is 1. The van der Waals surface area contributed by atoms with Gasteiger partial charge in [0.15, 0.2) is 0 Å². The van der Waals surface area contributed by atoms with Crippen molar-refractivity contribution in [2.24, 2.45) is 0 Å². The molecule has 0 spiro atoms. The second kappa shape index (κ2) is 6.93. The first-order valence-electron chi connectivity index (χ1n) is 7.13. The Labute approximate surface area is 129 Å². The van der Waals surface area contributed by atoms with Gasteiger partial charge in [0.2, 0.25) is 11.8 Å². The molecule has 1 atom stereocenters. The standard InChI is InChI=1S/C17H20N2O3/c1-12(16-5-4-10-22-16)19(3)17(21)11-14-6-8-15(9-7-14)18-13(2)20/h4-10,12H,11H2,1-3H3,(H,18,20). The molecule has 0 bridgehead atoms. The van der Waals surface area contributed by atoms with Crippen LogP contribution in [0.4, 0.5) is 5.69 Å². The molecule has 116 valence electrons. The molecule has 1 N–H and O–H groups in total. The van der Waals surface area contributed by atoms with E-state index < -0.39 is 0 Å². The van der Waals surface area contributed by atoms with E-state index in [9.17, 15) is 9.59 Å². The van der Waals surface area contributed by atoms with E-state index in [1.165, 1.54) is 6.92 Å². The fourth-order valence-corrected chi connectivity index (χ4v) is 2.14. The molecule has 0 aliphatic carbocycles. The molecule has 1 aromatic heterocycles. The van der Waals surface area contributed by atoms with Gasteiger partial charge in [-0.15, -0.1) is 0 Å². The minimum absolute atomic E-state index is 0.0103. The van der Waals surface area contributed by atoms with E-state index in [2.05, 4.69) is 5.32 Å². The number of hydrogen-bond donors (Lipinski definition) is 1. The number of furan rings is 1. The Morgan fingerprint density at radius 3 is 2.45 bits per heavy atom. The summed E-state index contributed by atoms with van der Waals surface area (Å²) < 4.78 is 5.34. The molecule has 5 heteroatoms. The lowest BCUT2D eigenvalue weighted by atomic mass is 10.1. The van der Waals surface area contributed by atoms with Gasteiger partial charge in [-0.05, 0) is 36.8 Å². The van der Waals surface area contributed by atoms with Crippen LogP contribution in [-0.4, -0.2) is 23.8 Å². The zero-order valence-corrected chi connectivity index (χ0v) is 13.0. The molecule has 0 aliphatic heterocycles. The molecule has 5 nitrogen and oxygen atoms in total. The Kier molecular flexibility index (Phi) is 4.99. The Bertz CT molecular complexity index is 632. The van der Waals surface area contributed by atoms with Crippen molar-refractivity contribution in [2.75, 3.05) is 12.4 Å². The molecule has 0 radical (unpaired) electrons. The van der Waals surface area contributed by atoms with Crippen molar-refractivity contribution in [1.82, 2.24) is 4.90 Å². The van der Waals surface area contributed by atoms with Crippen LogP contribution in [0.2, 0.25) is 0 Å². The number of benzene rings is 1. The topological polar surface area (TPSA) is 62.6 Å². The predicted molar refractivity (Wildman–Crippen MR) is 84.3 cm³/mol. The zero-order chi connectivity index (χ0) is 16.1. The van der Waals surface area contributed by atoms with E-state index in [0.717, 1.165) is 17.0 Å². The molecule has 0 fully saturated rings. The number of amides is 2. The smallest absolute Gasteiger partial charge is 0.227 e. The van der Waals surface area contributed by atoms with Crippen LogP contribution >= 0.6 is 0 Å². The fraction of sp³-hybridized carbons (Fsp3) is 0.294. The van der Waals surface area contributed by atoms with Gasteiger partial charge >= 0.3 is 0 Å². The quantitative estimate of drug-likeness (QED) is 0.923. The van der Waals surface area contributed by atoms with Crippen LogP contribution in [0.1, 0.15) is 31.2 Å². The molecule has 2 aromatic rings. The molecule has 2 rings (SSSR count). The van der Waals surface area contributed by atoms with Gasteiger partial charge < -0.3 is 14.6 Å². The molecule has 0 saturated carbocycles. The van der Waals surface area contributed by atoms with Gasteiger partial charge in [0.05, 0.1) is 18.7 Å². The van der Waals surface area contributed by atoms with Crippen LogP contribution in [-0.2, 0) is 16.0 Å². The van der Waals surface area contributed by atoms with Crippen molar-refractivity contribution in [3.05, 3.63) is 54.0 Å². The van der Waals surface area contributed by atoms with E-state index in [1.54, 1.807) is 30.3 Å². The number of carbonyl (C=O) groups excluding carboxylic acids is 2. The molecule has 0 aliphatic rings. The average Bonchev–Trinajstić information content (AvgIpc) is 3.01. The van der Waals surface area contributed by atoms with Crippen LogP contribution < -0.4 is 5.32 Å². The van der Waals surface area contributed by atoms with Gasteiger partial charge in [0.25, 0.3) is 0 Å². The van der Waals surface area contributed by atoms with Gasteiger partial charge in [0, 0.05) is 19.7 Å². The van der Waals surface area contributed by atoms with E-state index in [-0.39, 0.29) is 17.9 Å². The van der Waals surface area contributed by atoms with Crippen LogP contribution in [0.15, 0.2) is 47.1 Å². The second-order valence-corrected chi connectivity index (χ2v) is 5.25. The second-order valence-electron chi connectivity index (χ2n) is 5.25. The van der Waals surface area contributed by atoms with Gasteiger partial charge in [-0.25, -0.2) is 0 Å². The molecular formula is C17H20N2O3. The monoisotopic (exact) mass is 300 g/mol. The van der Waals surface area contributed by atoms with Crippen molar-refractivity contribution >= 4 is 17.5 Å². The minimum Gasteiger partial charge on any atom is -0.467 e. The maximum Gasteiger partial charge on any atom is 0.227 e. The minimum atomic E-state index is -0.115. The van der Waals surface area contributed by atoms with Crippen LogP contribution in [0.3, 0.4) is 0 Å². The van der Waals surface area contributed by atoms with Crippen LogP contribution in [0, 0.1) is 0 Å². The summed E-state index contributed by atoms with van der Waals surface area (Å²) in [7, 11) is 1.77. The van der Waals surface area contributed by atoms with Crippen molar-refractivity contribution in [3.63, 3.8) is 0 Å². The Hall–Kier alpha value is -2.56. The molecule has 1 unspecified atom stereocenters. The highest BCUT2D eigenvalue weighted by atomic mass is 16.3. The third-order valence-corrected chi connectivity index (χ3v) is 3.56. The Morgan fingerprint density at radius 1 is 1.23 bits per heavy atom. The van der Waals surface area contributed by atoms with Gasteiger partial charge in [0.1, 0.15) is 5.76 Å². The first-order chi connectivity index (χ1) is 10.5. The summed E-state index contributed by atoms with van der Waals surface area (Å²) in [5.41, 5.74) is 1.62. The van der Waals surface area contributed by atoms with Gasteiger partial charge in [-0.3, -0.25) is 9.59 Å². The number of carbonyl (C=O) groups is 2. The summed E-state index contributed by atoms with van der Waals surface area (Å²) >= 11 is 0. The van der Waals surface area contributed by atoms with Crippen LogP contribution in [0.25, 0.3) is 0 Å². The number of nitrogens with zero attached hydrogens (tertiary/aromatic N) is 1. The largest absolute Gasteiger partial charge is 0.467 e. The molecule has 22 heavy (non-hydrogen) atoms. The maximum absolute atomic E-state index is 12.3. The first-order valence-corrected chi connectivity index (χ1v) is 7.13. The Balaban J connectivity index is 1.97. The summed E-state index contributed by atoms with van der Waals surface area (Å²) in [4.78, 5) is 25.0. The van der Waals surface area contributed by atoms with Crippen molar-refractivity contribution in [2.45, 2.75) is 26.3 Å². The molecular weight excluding hydrogens is 280 g/mol. The lowest BCUT2D eigenvalue weighted by molar-refractivity contribution is -0.131. The summed E-state index contributed by atoms with van der Waals surface area (Å²) in [6, 6.07) is 10.8. The summed E-state index contributed by atoms with van der Waals surface area (Å²) in [5, 5.41) is 2.70. The maximum atomic E-state index is 12.3. The number of hydrogen-bond acceptors (Lipinski definition) is 3. The van der Waals surface area contributed by atoms with E-state index in [0.29, 0.717) is 6.42 Å². The van der Waals surface area contributed by atoms with Gasteiger partial charge in [-0.2, -0.15) is 0 Å². The van der Waals surface area contributed by atoms with E-state index >= 15 is 0 Å². The van der Waals surface area contributed by atoms with Gasteiger partial charge in [-0.1, -0.05) is 12.1 Å². The average molecular weight is 300 g/mol. The third kappa shape index (κ3) is 3.97. The SMILES string of the molecule is CC(=O)Nc1ccc(CC(=O)N(C)C(C)c2ccco2)cc1. The summed E-state index contributed by atoms with van der Waals surface area (Å²) in [5.74, 6) is 0.656. The number of likely N-dealkylation sites (N-methyl/N-ethyl adjacent to an activating group) is 1. The highest BCUT2D eigenvalue weighted by molar-refractivity contribution is 5.88. The zero-order valence-electron chi connectivity index (χ0n) is 13.0. The lowest BCUT2D eigenvalue weighted by Crippen LogP contribution is -2.30. The van der Waals surface area contributed by atoms with Crippen molar-refractivity contribution in [1.29, 1.82) is 0 Å². The molecule has 1 aromatic carbocycles. The molecule has 1 heterocycles.